The van der Waals surface area contributed by atoms with Crippen molar-refractivity contribution >= 4 is 11.8 Å². The van der Waals surface area contributed by atoms with Crippen molar-refractivity contribution in [1.82, 2.24) is 10.2 Å². The Morgan fingerprint density at radius 3 is 2.59 bits per heavy atom. The largest absolute Gasteiger partial charge is 0.345 e. The summed E-state index contributed by atoms with van der Waals surface area (Å²) in [4.78, 5) is 25.6. The lowest BCUT2D eigenvalue weighted by molar-refractivity contribution is -0.156. The summed E-state index contributed by atoms with van der Waals surface area (Å²) in [6.07, 6.45) is 4.80. The minimum atomic E-state index is -0.678. The van der Waals surface area contributed by atoms with E-state index in [1.165, 1.54) is 0 Å². The lowest BCUT2D eigenvalue weighted by atomic mass is 9.78. The number of nitrogens with one attached hydrogen (secondary N) is 1. The minimum absolute atomic E-state index is 0.0457. The Kier molecular flexibility index (Phi) is 3.64. The Morgan fingerprint density at radius 2 is 1.94 bits per heavy atom. The molecule has 5 heteroatoms. The number of rotatable bonds is 3. The van der Waals surface area contributed by atoms with Crippen molar-refractivity contribution in [2.45, 2.75) is 44.1 Å². The van der Waals surface area contributed by atoms with E-state index in [4.69, 9.17) is 0 Å². The van der Waals surface area contributed by atoms with Crippen LogP contribution in [0, 0.1) is 0 Å². The van der Waals surface area contributed by atoms with E-state index in [0.29, 0.717) is 13.0 Å². The molecule has 1 spiro atoms. The van der Waals surface area contributed by atoms with Gasteiger partial charge in [-0.1, -0.05) is 19.3 Å². The molecule has 2 fully saturated rings. The maximum Gasteiger partial charge on any atom is 0.246 e. The van der Waals surface area contributed by atoms with Crippen LogP contribution >= 0.6 is 0 Å². The van der Waals surface area contributed by atoms with Crippen LogP contribution in [-0.2, 0) is 9.59 Å². The van der Waals surface area contributed by atoms with Gasteiger partial charge in [0, 0.05) is 6.54 Å². The predicted molar refractivity (Wildman–Crippen MR) is 61.1 cm³/mol. The average Bonchev–Trinajstić information content (AvgIpc) is 2.36. The quantitative estimate of drug-likeness (QED) is 0.803. The predicted octanol–water partition coefficient (Wildman–Crippen LogP) is 1.01. The molecule has 2 amide bonds. The van der Waals surface area contributed by atoms with Crippen LogP contribution < -0.4 is 5.32 Å². The van der Waals surface area contributed by atoms with Gasteiger partial charge in [0.15, 0.2) is 0 Å². The fourth-order valence-corrected chi connectivity index (χ4v) is 2.97. The first-order valence-corrected chi connectivity index (χ1v) is 6.35. The minimum Gasteiger partial charge on any atom is -0.345 e. The van der Waals surface area contributed by atoms with Crippen molar-refractivity contribution in [3.8, 4) is 0 Å². The van der Waals surface area contributed by atoms with Crippen LogP contribution in [0.4, 0.5) is 4.39 Å². The molecule has 0 aromatic rings. The molecule has 17 heavy (non-hydrogen) atoms. The van der Waals surface area contributed by atoms with Crippen molar-refractivity contribution in [2.24, 2.45) is 0 Å². The van der Waals surface area contributed by atoms with Gasteiger partial charge >= 0.3 is 0 Å². The zero-order valence-corrected chi connectivity index (χ0v) is 10.0. The van der Waals surface area contributed by atoms with Crippen molar-refractivity contribution < 1.29 is 14.0 Å². The molecule has 2 aliphatic rings. The molecule has 1 heterocycles. The van der Waals surface area contributed by atoms with Gasteiger partial charge in [-0.3, -0.25) is 14.0 Å². The van der Waals surface area contributed by atoms with Crippen LogP contribution in [0.5, 0.6) is 0 Å². The van der Waals surface area contributed by atoms with Crippen molar-refractivity contribution in [1.29, 1.82) is 0 Å². The van der Waals surface area contributed by atoms with Gasteiger partial charge in [0.2, 0.25) is 11.8 Å². The second-order valence-electron chi connectivity index (χ2n) is 4.86. The number of nitrogens with zero attached hydrogens (tertiary/aromatic N) is 1. The average molecular weight is 242 g/mol. The standard InChI is InChI=1S/C12H19FN2O2/c13-7-4-8-15-10(16)9-14-11(17)12(15)5-2-1-3-6-12/h1-9H2,(H,14,17). The number of alkyl halides is 1. The fraction of sp³-hybridized carbons (Fsp3) is 0.833. The maximum absolute atomic E-state index is 12.3. The Labute approximate surface area is 101 Å². The zero-order chi connectivity index (χ0) is 12.3. The molecule has 0 aromatic heterocycles. The number of carbonyl (C=O) groups excluding carboxylic acids is 2. The molecule has 1 aliphatic heterocycles. The second kappa shape index (κ2) is 5.02. The highest BCUT2D eigenvalue weighted by molar-refractivity contribution is 5.98. The monoisotopic (exact) mass is 242 g/mol. The summed E-state index contributed by atoms with van der Waals surface area (Å²) in [6.45, 7) is -0.0168. The molecule has 0 radical (unpaired) electrons. The highest BCUT2D eigenvalue weighted by Crippen LogP contribution is 2.35. The smallest absolute Gasteiger partial charge is 0.246 e. The van der Waals surface area contributed by atoms with Crippen molar-refractivity contribution in [2.75, 3.05) is 19.8 Å². The maximum atomic E-state index is 12.3. The van der Waals surface area contributed by atoms with E-state index in [-0.39, 0.29) is 18.4 Å². The van der Waals surface area contributed by atoms with Gasteiger partial charge in [-0.15, -0.1) is 0 Å². The van der Waals surface area contributed by atoms with Gasteiger partial charge in [0.25, 0.3) is 0 Å². The normalized spacial score (nSPS) is 23.9. The van der Waals surface area contributed by atoms with E-state index in [1.807, 2.05) is 0 Å². The first-order chi connectivity index (χ1) is 8.20. The molecule has 2 rings (SSSR count). The topological polar surface area (TPSA) is 49.4 Å². The number of amides is 2. The molecule has 1 N–H and O–H groups in total. The molecular formula is C12H19FN2O2. The van der Waals surface area contributed by atoms with E-state index in [2.05, 4.69) is 5.32 Å². The van der Waals surface area contributed by atoms with Crippen LogP contribution in [0.1, 0.15) is 38.5 Å². The molecule has 96 valence electrons. The van der Waals surface area contributed by atoms with Gasteiger partial charge < -0.3 is 10.2 Å². The molecule has 1 aliphatic carbocycles. The first kappa shape index (κ1) is 12.3. The second-order valence-corrected chi connectivity index (χ2v) is 4.86. The van der Waals surface area contributed by atoms with Gasteiger partial charge in [-0.05, 0) is 19.3 Å². The van der Waals surface area contributed by atoms with Crippen LogP contribution in [0.25, 0.3) is 0 Å². The third-order valence-corrected chi connectivity index (χ3v) is 3.84. The molecular weight excluding hydrogens is 223 g/mol. The zero-order valence-electron chi connectivity index (χ0n) is 10.0. The van der Waals surface area contributed by atoms with E-state index in [1.54, 1.807) is 4.90 Å². The van der Waals surface area contributed by atoms with Crippen LogP contribution in [0.2, 0.25) is 0 Å². The Balaban J connectivity index is 2.20. The SMILES string of the molecule is O=C1CNC(=O)C2(CCCCC2)N1CCCF. The molecule has 0 bridgehead atoms. The highest BCUT2D eigenvalue weighted by atomic mass is 19.1. The van der Waals surface area contributed by atoms with Crippen molar-refractivity contribution in [3.05, 3.63) is 0 Å². The third-order valence-electron chi connectivity index (χ3n) is 3.84. The van der Waals surface area contributed by atoms with Gasteiger partial charge in [-0.25, -0.2) is 0 Å². The van der Waals surface area contributed by atoms with Gasteiger partial charge in [0.05, 0.1) is 13.2 Å². The van der Waals surface area contributed by atoms with E-state index < -0.39 is 12.2 Å². The lowest BCUT2D eigenvalue weighted by Gasteiger charge is -2.47. The Morgan fingerprint density at radius 1 is 1.24 bits per heavy atom. The molecule has 1 saturated heterocycles. The molecule has 0 aromatic carbocycles. The number of carbonyl (C=O) groups is 2. The summed E-state index contributed by atoms with van der Waals surface area (Å²) in [7, 11) is 0. The summed E-state index contributed by atoms with van der Waals surface area (Å²) in [5.41, 5.74) is -0.678. The van der Waals surface area contributed by atoms with Crippen molar-refractivity contribution in [3.63, 3.8) is 0 Å². The Bertz CT molecular complexity index is 314. The van der Waals surface area contributed by atoms with Gasteiger partial charge in [-0.2, -0.15) is 0 Å². The number of hydrogen-bond acceptors (Lipinski definition) is 2. The van der Waals surface area contributed by atoms with E-state index in [9.17, 15) is 14.0 Å². The molecule has 1 saturated carbocycles. The van der Waals surface area contributed by atoms with Crippen LogP contribution in [0.3, 0.4) is 0 Å². The summed E-state index contributed by atoms with van der Waals surface area (Å²) in [5, 5.41) is 2.67. The first-order valence-electron chi connectivity index (χ1n) is 6.35. The molecule has 0 unspecified atom stereocenters. The summed E-state index contributed by atoms with van der Waals surface area (Å²) in [5.74, 6) is -0.115. The Hall–Kier alpha value is -1.13. The molecule has 0 atom stereocenters. The lowest BCUT2D eigenvalue weighted by Crippen LogP contribution is -2.67. The van der Waals surface area contributed by atoms with E-state index >= 15 is 0 Å². The third kappa shape index (κ3) is 2.15. The van der Waals surface area contributed by atoms with Crippen LogP contribution in [0.15, 0.2) is 0 Å². The number of halogens is 1. The summed E-state index contributed by atoms with van der Waals surface area (Å²) < 4.78 is 12.3. The highest BCUT2D eigenvalue weighted by Gasteiger charge is 2.49. The summed E-state index contributed by atoms with van der Waals surface area (Å²) >= 11 is 0. The number of piperazine rings is 1. The summed E-state index contributed by atoms with van der Waals surface area (Å²) in [6, 6.07) is 0. The molecule has 4 nitrogen and oxygen atoms in total. The van der Waals surface area contributed by atoms with E-state index in [0.717, 1.165) is 32.1 Å². The fourth-order valence-electron chi connectivity index (χ4n) is 2.97. The van der Waals surface area contributed by atoms with Crippen LogP contribution in [-0.4, -0.2) is 42.0 Å². The van der Waals surface area contributed by atoms with Gasteiger partial charge in [0.1, 0.15) is 5.54 Å². The number of hydrogen-bond donors (Lipinski definition) is 1.